The summed E-state index contributed by atoms with van der Waals surface area (Å²) in [5.74, 6) is 1.14. The zero-order valence-corrected chi connectivity index (χ0v) is 18.6. The Morgan fingerprint density at radius 1 is 1.00 bits per heavy atom. The molecular weight excluding hydrogens is 441 g/mol. The molecule has 0 amide bonds. The first-order valence-corrected chi connectivity index (χ1v) is 10.7. The second kappa shape index (κ2) is 6.85. The summed E-state index contributed by atoms with van der Waals surface area (Å²) in [7, 11) is 0. The van der Waals surface area contributed by atoms with Crippen molar-refractivity contribution < 1.29 is 9.13 Å². The molecule has 5 rings (SSSR count). The molecule has 150 valence electrons. The smallest absolute Gasteiger partial charge is 0.136 e. The molecule has 0 bridgehead atoms. The molecule has 30 heavy (non-hydrogen) atoms. The molecule has 3 aromatic carbocycles. The van der Waals surface area contributed by atoms with E-state index in [0.29, 0.717) is 5.75 Å². The fourth-order valence-corrected chi connectivity index (χ4v) is 4.80. The third kappa shape index (κ3) is 3.16. The highest BCUT2D eigenvalue weighted by Crippen LogP contribution is 2.49. The number of anilines is 1. The van der Waals surface area contributed by atoms with Crippen molar-refractivity contribution in [2.75, 3.05) is 5.32 Å². The molecule has 2 aliphatic heterocycles. The number of hydrogen-bond donors (Lipinski definition) is 1. The molecule has 2 heterocycles. The number of ether oxygens (including phenoxy) is 1. The number of halogens is 2. The van der Waals surface area contributed by atoms with Crippen LogP contribution >= 0.6 is 15.9 Å². The Balaban J connectivity index is 1.82. The maximum Gasteiger partial charge on any atom is 0.136 e. The van der Waals surface area contributed by atoms with Crippen molar-refractivity contribution in [2.24, 2.45) is 0 Å². The minimum atomic E-state index is -0.272. The fraction of sp³-hybridized carbons (Fsp3) is 0.154. The Morgan fingerprint density at radius 2 is 1.80 bits per heavy atom. The molecular formula is C26H21BrFNO. The maximum absolute atomic E-state index is 14.1. The van der Waals surface area contributed by atoms with Crippen LogP contribution in [-0.2, 0) is 0 Å². The first kappa shape index (κ1) is 19.1. The first-order valence-electron chi connectivity index (χ1n) is 9.92. The van der Waals surface area contributed by atoms with Gasteiger partial charge >= 0.3 is 0 Å². The van der Waals surface area contributed by atoms with Gasteiger partial charge in [-0.2, -0.15) is 0 Å². The normalized spacial score (nSPS) is 17.2. The molecule has 0 unspecified atom stereocenters. The van der Waals surface area contributed by atoms with Crippen molar-refractivity contribution >= 4 is 39.0 Å². The van der Waals surface area contributed by atoms with Crippen LogP contribution in [0.15, 0.2) is 65.1 Å². The highest BCUT2D eigenvalue weighted by atomic mass is 79.9. The van der Waals surface area contributed by atoms with Crippen molar-refractivity contribution in [1.29, 1.82) is 0 Å². The van der Waals surface area contributed by atoms with Gasteiger partial charge in [0.2, 0.25) is 0 Å². The summed E-state index contributed by atoms with van der Waals surface area (Å²) in [5.41, 5.74) is 6.94. The number of nitrogens with one attached hydrogen (secondary N) is 1. The Hall–Kier alpha value is -2.85. The van der Waals surface area contributed by atoms with Gasteiger partial charge in [0.15, 0.2) is 0 Å². The lowest BCUT2D eigenvalue weighted by Gasteiger charge is -2.35. The average Bonchev–Trinajstić information content (AvgIpc) is 2.68. The number of hydrogen-bond acceptors (Lipinski definition) is 2. The number of fused-ring (bicyclic) bond motifs is 5. The molecule has 0 saturated carbocycles. The number of rotatable bonds is 1. The molecule has 0 spiro atoms. The lowest BCUT2D eigenvalue weighted by Crippen LogP contribution is -2.32. The van der Waals surface area contributed by atoms with E-state index >= 15 is 0 Å². The molecule has 2 aliphatic rings. The Morgan fingerprint density at radius 3 is 2.60 bits per heavy atom. The van der Waals surface area contributed by atoms with E-state index in [2.05, 4.69) is 60.2 Å². The van der Waals surface area contributed by atoms with E-state index in [1.165, 1.54) is 11.6 Å². The van der Waals surface area contributed by atoms with Gasteiger partial charge in [0.1, 0.15) is 17.3 Å². The predicted octanol–water partition coefficient (Wildman–Crippen LogP) is 7.75. The molecule has 0 radical (unpaired) electrons. The van der Waals surface area contributed by atoms with Gasteiger partial charge in [-0.05, 0) is 73.9 Å². The van der Waals surface area contributed by atoms with Gasteiger partial charge in [-0.15, -0.1) is 0 Å². The van der Waals surface area contributed by atoms with E-state index in [9.17, 15) is 4.39 Å². The summed E-state index contributed by atoms with van der Waals surface area (Å²) < 4.78 is 21.4. The van der Waals surface area contributed by atoms with Gasteiger partial charge < -0.3 is 10.1 Å². The van der Waals surface area contributed by atoms with E-state index in [1.807, 2.05) is 30.3 Å². The highest BCUT2D eigenvalue weighted by Gasteiger charge is 2.31. The molecule has 0 aliphatic carbocycles. The Kier molecular flexibility index (Phi) is 4.37. The van der Waals surface area contributed by atoms with Crippen LogP contribution in [0.1, 0.15) is 37.5 Å². The van der Waals surface area contributed by atoms with Crippen LogP contribution in [0.2, 0.25) is 0 Å². The SMILES string of the molecule is CC1=CC(C)(C)Nc2ccc3c(c21)/C(=C/c1ccccc1Br)Oc1ccc(F)cc1-3. The molecule has 0 fully saturated rings. The van der Waals surface area contributed by atoms with E-state index in [0.717, 1.165) is 43.7 Å². The van der Waals surface area contributed by atoms with Crippen LogP contribution in [0.3, 0.4) is 0 Å². The quantitative estimate of drug-likeness (QED) is 0.399. The summed E-state index contributed by atoms with van der Waals surface area (Å²) in [6.45, 7) is 6.43. The second-order valence-corrected chi connectivity index (χ2v) is 9.21. The van der Waals surface area contributed by atoms with Crippen LogP contribution < -0.4 is 10.1 Å². The standard InChI is InChI=1S/C26H21BrFNO/c1-15-14-26(2,3)29-21-10-9-18-19-13-17(28)8-11-22(19)30-23(25(18)24(15)21)12-16-6-4-5-7-20(16)27/h4-14,29H,1-3H3/b23-12-. The van der Waals surface area contributed by atoms with E-state index in [1.54, 1.807) is 12.1 Å². The van der Waals surface area contributed by atoms with Crippen molar-refractivity contribution in [2.45, 2.75) is 26.3 Å². The minimum Gasteiger partial charge on any atom is -0.456 e. The third-order valence-corrected chi connectivity index (χ3v) is 6.25. The van der Waals surface area contributed by atoms with Gasteiger partial charge in [-0.25, -0.2) is 4.39 Å². The molecule has 3 aromatic rings. The van der Waals surface area contributed by atoms with E-state index in [-0.39, 0.29) is 11.4 Å². The zero-order chi connectivity index (χ0) is 21.0. The molecule has 2 nitrogen and oxygen atoms in total. The maximum atomic E-state index is 14.1. The van der Waals surface area contributed by atoms with Crippen LogP contribution in [-0.4, -0.2) is 5.54 Å². The van der Waals surface area contributed by atoms with Gasteiger partial charge in [-0.1, -0.05) is 46.3 Å². The largest absolute Gasteiger partial charge is 0.456 e. The van der Waals surface area contributed by atoms with Crippen LogP contribution in [0, 0.1) is 5.82 Å². The average molecular weight is 462 g/mol. The van der Waals surface area contributed by atoms with Gasteiger partial charge in [0, 0.05) is 26.9 Å². The highest BCUT2D eigenvalue weighted by molar-refractivity contribution is 9.10. The summed E-state index contributed by atoms with van der Waals surface area (Å²) in [6.07, 6.45) is 4.27. The van der Waals surface area contributed by atoms with E-state index < -0.39 is 0 Å². The lowest BCUT2D eigenvalue weighted by molar-refractivity contribution is 0.511. The van der Waals surface area contributed by atoms with Crippen LogP contribution in [0.25, 0.3) is 28.5 Å². The van der Waals surface area contributed by atoms with Crippen LogP contribution in [0.4, 0.5) is 10.1 Å². The molecule has 0 atom stereocenters. The Labute approximate surface area is 184 Å². The summed E-state index contributed by atoms with van der Waals surface area (Å²) in [6, 6.07) is 16.9. The van der Waals surface area contributed by atoms with Gasteiger partial charge in [0.05, 0.1) is 5.54 Å². The zero-order valence-electron chi connectivity index (χ0n) is 17.0. The minimum absolute atomic E-state index is 0.142. The monoisotopic (exact) mass is 461 g/mol. The van der Waals surface area contributed by atoms with Crippen molar-refractivity contribution in [1.82, 2.24) is 0 Å². The van der Waals surface area contributed by atoms with Crippen LogP contribution in [0.5, 0.6) is 5.75 Å². The molecule has 0 aromatic heterocycles. The number of allylic oxidation sites excluding steroid dienone is 1. The second-order valence-electron chi connectivity index (χ2n) is 8.36. The Bertz CT molecular complexity index is 1260. The molecule has 1 N–H and O–H groups in total. The van der Waals surface area contributed by atoms with Crippen molar-refractivity contribution in [3.8, 4) is 16.9 Å². The summed E-state index contributed by atoms with van der Waals surface area (Å²) in [5, 5.41) is 3.61. The van der Waals surface area contributed by atoms with Crippen molar-refractivity contribution in [3.05, 3.63) is 87.7 Å². The number of benzene rings is 3. The first-order chi connectivity index (χ1) is 14.3. The summed E-state index contributed by atoms with van der Waals surface area (Å²) in [4.78, 5) is 0. The van der Waals surface area contributed by atoms with Crippen molar-refractivity contribution in [3.63, 3.8) is 0 Å². The van der Waals surface area contributed by atoms with Gasteiger partial charge in [-0.3, -0.25) is 0 Å². The fourth-order valence-electron chi connectivity index (χ4n) is 4.40. The summed E-state index contributed by atoms with van der Waals surface area (Å²) >= 11 is 3.63. The third-order valence-electron chi connectivity index (χ3n) is 5.52. The van der Waals surface area contributed by atoms with E-state index in [4.69, 9.17) is 4.74 Å². The lowest BCUT2D eigenvalue weighted by atomic mass is 9.83. The topological polar surface area (TPSA) is 21.3 Å². The van der Waals surface area contributed by atoms with Gasteiger partial charge in [0.25, 0.3) is 0 Å². The molecule has 4 heteroatoms. The predicted molar refractivity (Wildman–Crippen MR) is 126 cm³/mol. The molecule has 0 saturated heterocycles.